The molecule has 2 saturated carbocycles. The minimum Gasteiger partial charge on any atom is -0.493 e. The molecule has 9 heteroatoms. The molecule has 0 bridgehead atoms. The fraction of sp³-hybridized carbons (Fsp3) is 0.654. The third kappa shape index (κ3) is 4.50. The molecule has 2 aromatic rings. The maximum atomic E-state index is 14.8. The molecule has 4 fully saturated rings. The van der Waals surface area contributed by atoms with Gasteiger partial charge < -0.3 is 19.6 Å². The Kier molecular flexibility index (Phi) is 5.70. The number of nitrogens with one attached hydrogen (secondary N) is 1. The van der Waals surface area contributed by atoms with Gasteiger partial charge in [-0.1, -0.05) is 0 Å². The minimum absolute atomic E-state index is 0.0522. The molecule has 2 saturated heterocycles. The number of benzene rings is 1. The third-order valence-corrected chi connectivity index (χ3v) is 8.52. The standard InChI is InChI=1S/C26H33FN4O4/c27-20-11-19(35-15-16-3-7-30(8-4-16)24(34)17-1-2-17)12-21-22(20)23(33)29-25(28-21)31-9-5-26(6-10-31)13-18(32)14-26/h11-12,16-18,32H,1-10,13-15H2,(H,28,29,33). The van der Waals surface area contributed by atoms with Crippen LogP contribution in [0, 0.1) is 23.1 Å². The van der Waals surface area contributed by atoms with Crippen LogP contribution in [0.5, 0.6) is 5.75 Å². The largest absolute Gasteiger partial charge is 0.493 e. The van der Waals surface area contributed by atoms with Gasteiger partial charge in [-0.05, 0) is 62.7 Å². The van der Waals surface area contributed by atoms with Gasteiger partial charge in [-0.25, -0.2) is 9.37 Å². The zero-order chi connectivity index (χ0) is 24.2. The molecule has 6 rings (SSSR count). The van der Waals surface area contributed by atoms with E-state index in [2.05, 4.69) is 9.97 Å². The molecule has 3 heterocycles. The van der Waals surface area contributed by atoms with Crippen molar-refractivity contribution in [1.29, 1.82) is 0 Å². The van der Waals surface area contributed by atoms with Crippen molar-refractivity contribution in [2.24, 2.45) is 17.3 Å². The SMILES string of the molecule is O=C(C1CC1)N1CCC(COc2cc(F)c3c(=O)[nH]c(N4CCC5(CC4)CC(O)C5)nc3c2)CC1. The van der Waals surface area contributed by atoms with E-state index in [0.717, 1.165) is 77.5 Å². The van der Waals surface area contributed by atoms with E-state index in [1.165, 1.54) is 6.07 Å². The number of nitrogens with zero attached hydrogens (tertiary/aromatic N) is 3. The number of rotatable bonds is 5. The number of aromatic nitrogens is 2. The first-order chi connectivity index (χ1) is 16.9. The number of H-pyrrole nitrogens is 1. The number of ether oxygens (including phenoxy) is 1. The van der Waals surface area contributed by atoms with Crippen LogP contribution in [0.4, 0.5) is 10.3 Å². The maximum Gasteiger partial charge on any atom is 0.263 e. The maximum absolute atomic E-state index is 14.8. The van der Waals surface area contributed by atoms with Crippen molar-refractivity contribution in [2.45, 2.75) is 57.5 Å². The normalized spacial score (nSPS) is 23.0. The van der Waals surface area contributed by atoms with Crippen LogP contribution in [-0.4, -0.2) is 64.8 Å². The molecule has 1 amide bonds. The number of carbonyl (C=O) groups excluding carboxylic acids is 1. The van der Waals surface area contributed by atoms with Crippen LogP contribution in [0.25, 0.3) is 10.9 Å². The van der Waals surface area contributed by atoms with Gasteiger partial charge in [0.15, 0.2) is 0 Å². The smallest absolute Gasteiger partial charge is 0.263 e. The van der Waals surface area contributed by atoms with E-state index in [1.807, 2.05) is 9.80 Å². The summed E-state index contributed by atoms with van der Waals surface area (Å²) < 4.78 is 20.8. The van der Waals surface area contributed by atoms with E-state index < -0.39 is 11.4 Å². The lowest BCUT2D eigenvalue weighted by molar-refractivity contribution is -0.134. The predicted molar refractivity (Wildman–Crippen MR) is 129 cm³/mol. The molecular formula is C26H33FN4O4. The Morgan fingerprint density at radius 1 is 1.14 bits per heavy atom. The number of aromatic amines is 1. The van der Waals surface area contributed by atoms with Crippen LogP contribution in [0.15, 0.2) is 16.9 Å². The first-order valence-electron chi connectivity index (χ1n) is 13.0. The molecular weight excluding hydrogens is 451 g/mol. The average molecular weight is 485 g/mol. The molecule has 2 N–H and O–H groups in total. The molecule has 1 aromatic carbocycles. The zero-order valence-corrected chi connectivity index (χ0v) is 20.0. The van der Waals surface area contributed by atoms with Gasteiger partial charge in [0.1, 0.15) is 17.0 Å². The van der Waals surface area contributed by atoms with Crippen LogP contribution in [0.1, 0.15) is 51.4 Å². The summed E-state index contributed by atoms with van der Waals surface area (Å²) in [4.78, 5) is 36.3. The molecule has 1 aromatic heterocycles. The monoisotopic (exact) mass is 484 g/mol. The molecule has 4 aliphatic rings. The second-order valence-corrected chi connectivity index (χ2v) is 11.1. The molecule has 1 spiro atoms. The molecule has 188 valence electrons. The Balaban J connectivity index is 1.11. The number of halogens is 1. The molecule has 2 aliphatic heterocycles. The molecule has 0 radical (unpaired) electrons. The van der Waals surface area contributed by atoms with Gasteiger partial charge in [0.25, 0.3) is 5.56 Å². The van der Waals surface area contributed by atoms with Gasteiger partial charge in [-0.15, -0.1) is 0 Å². The van der Waals surface area contributed by atoms with Gasteiger partial charge in [0, 0.05) is 44.2 Å². The molecule has 8 nitrogen and oxygen atoms in total. The van der Waals surface area contributed by atoms with Crippen LogP contribution in [-0.2, 0) is 4.79 Å². The summed E-state index contributed by atoms with van der Waals surface area (Å²) in [5.41, 5.74) is 0.0330. The van der Waals surface area contributed by atoms with Gasteiger partial charge >= 0.3 is 0 Å². The number of likely N-dealkylation sites (tertiary alicyclic amines) is 1. The lowest BCUT2D eigenvalue weighted by Crippen LogP contribution is -2.49. The second kappa shape index (κ2) is 8.76. The number of carbonyl (C=O) groups is 1. The van der Waals surface area contributed by atoms with Gasteiger partial charge in [-0.2, -0.15) is 0 Å². The fourth-order valence-electron chi connectivity index (χ4n) is 6.08. The summed E-state index contributed by atoms with van der Waals surface area (Å²) in [5.74, 6) is 1.05. The number of fused-ring (bicyclic) bond motifs is 1. The number of aliphatic hydroxyl groups excluding tert-OH is 1. The van der Waals surface area contributed by atoms with E-state index >= 15 is 0 Å². The Bertz CT molecular complexity index is 1170. The van der Waals surface area contributed by atoms with E-state index in [4.69, 9.17) is 4.74 Å². The van der Waals surface area contributed by atoms with Crippen molar-refractivity contribution >= 4 is 22.8 Å². The van der Waals surface area contributed by atoms with E-state index in [0.29, 0.717) is 35.6 Å². The van der Waals surface area contributed by atoms with Gasteiger partial charge in [0.2, 0.25) is 11.9 Å². The number of amides is 1. The summed E-state index contributed by atoms with van der Waals surface area (Å²) in [6.45, 7) is 3.47. The summed E-state index contributed by atoms with van der Waals surface area (Å²) in [6.07, 6.45) is 7.23. The van der Waals surface area contributed by atoms with Crippen molar-refractivity contribution in [3.8, 4) is 5.75 Å². The number of aliphatic hydroxyl groups is 1. The molecule has 35 heavy (non-hydrogen) atoms. The van der Waals surface area contributed by atoms with Crippen molar-refractivity contribution in [3.05, 3.63) is 28.3 Å². The second-order valence-electron chi connectivity index (χ2n) is 11.1. The highest BCUT2D eigenvalue weighted by atomic mass is 19.1. The fourth-order valence-corrected chi connectivity index (χ4v) is 6.08. The molecule has 0 unspecified atom stereocenters. The Labute approximate surface area is 203 Å². The first kappa shape index (κ1) is 22.8. The zero-order valence-electron chi connectivity index (χ0n) is 20.0. The average Bonchev–Trinajstić information content (AvgIpc) is 3.67. The highest BCUT2D eigenvalue weighted by molar-refractivity contribution is 5.81. The van der Waals surface area contributed by atoms with Gasteiger partial charge in [-0.3, -0.25) is 14.6 Å². The van der Waals surface area contributed by atoms with E-state index in [1.54, 1.807) is 6.07 Å². The number of piperidine rings is 2. The quantitative estimate of drug-likeness (QED) is 0.677. The van der Waals surface area contributed by atoms with Crippen LogP contribution >= 0.6 is 0 Å². The van der Waals surface area contributed by atoms with E-state index in [9.17, 15) is 19.1 Å². The van der Waals surface area contributed by atoms with Crippen LogP contribution in [0.3, 0.4) is 0 Å². The summed E-state index contributed by atoms with van der Waals surface area (Å²) >= 11 is 0. The Hall–Kier alpha value is -2.68. The van der Waals surface area contributed by atoms with Crippen molar-refractivity contribution in [1.82, 2.24) is 14.9 Å². The Morgan fingerprint density at radius 3 is 2.51 bits per heavy atom. The number of anilines is 1. The van der Waals surface area contributed by atoms with Gasteiger partial charge in [0.05, 0.1) is 18.2 Å². The van der Waals surface area contributed by atoms with E-state index in [-0.39, 0.29) is 22.8 Å². The lowest BCUT2D eigenvalue weighted by atomic mass is 9.61. The minimum atomic E-state index is -0.635. The lowest BCUT2D eigenvalue weighted by Gasteiger charge is -2.50. The highest BCUT2D eigenvalue weighted by Gasteiger charge is 2.45. The topological polar surface area (TPSA) is 98.8 Å². The number of hydrogen-bond donors (Lipinski definition) is 2. The van der Waals surface area contributed by atoms with Crippen molar-refractivity contribution in [3.63, 3.8) is 0 Å². The summed E-state index contributed by atoms with van der Waals surface area (Å²) in [6, 6.07) is 2.91. The van der Waals surface area contributed by atoms with Crippen molar-refractivity contribution in [2.75, 3.05) is 37.7 Å². The Morgan fingerprint density at radius 2 is 1.86 bits per heavy atom. The van der Waals surface area contributed by atoms with Crippen LogP contribution in [0.2, 0.25) is 0 Å². The highest BCUT2D eigenvalue weighted by Crippen LogP contribution is 2.49. The molecule has 0 atom stereocenters. The summed E-state index contributed by atoms with van der Waals surface area (Å²) in [7, 11) is 0. The van der Waals surface area contributed by atoms with Crippen molar-refractivity contribution < 1.29 is 19.0 Å². The number of hydrogen-bond acceptors (Lipinski definition) is 6. The molecule has 2 aliphatic carbocycles. The first-order valence-corrected chi connectivity index (χ1v) is 13.0. The summed E-state index contributed by atoms with van der Waals surface area (Å²) in [5, 5.41) is 9.65. The van der Waals surface area contributed by atoms with Crippen LogP contribution < -0.4 is 15.2 Å². The predicted octanol–water partition coefficient (Wildman–Crippen LogP) is 2.83. The third-order valence-electron chi connectivity index (χ3n) is 8.52.